The average Bonchev–Trinajstić information content (AvgIpc) is 2.11. The van der Waals surface area contributed by atoms with Gasteiger partial charge in [0.15, 0.2) is 0 Å². The summed E-state index contributed by atoms with van der Waals surface area (Å²) >= 11 is 0. The number of esters is 1. The van der Waals surface area contributed by atoms with E-state index in [2.05, 4.69) is 6.58 Å². The van der Waals surface area contributed by atoms with Crippen LogP contribution < -0.4 is 0 Å². The highest BCUT2D eigenvalue weighted by Gasteiger charge is 2.08. The average molecular weight is 170 g/mol. The highest BCUT2D eigenvalue weighted by Crippen LogP contribution is 2.06. The van der Waals surface area contributed by atoms with Crippen LogP contribution in [0.1, 0.15) is 20.3 Å². The summed E-state index contributed by atoms with van der Waals surface area (Å²) in [6.45, 7) is 6.87. The molecule has 0 saturated carbocycles. The lowest BCUT2D eigenvalue weighted by molar-refractivity contribution is -0.138. The first-order valence-electron chi connectivity index (χ1n) is 3.80. The minimum Gasteiger partial charge on any atom is -0.512 e. The maximum absolute atomic E-state index is 11.0. The Bertz CT molecular complexity index is 204. The molecule has 0 aliphatic heterocycles. The minimum atomic E-state index is -0.491. The molecular weight excluding hydrogens is 156 g/mol. The van der Waals surface area contributed by atoms with Crippen molar-refractivity contribution in [1.29, 1.82) is 0 Å². The van der Waals surface area contributed by atoms with Crippen LogP contribution >= 0.6 is 0 Å². The zero-order valence-corrected chi connectivity index (χ0v) is 7.46. The first kappa shape index (κ1) is 10.8. The molecule has 0 bridgehead atoms. The fraction of sp³-hybridized carbons (Fsp3) is 0.444. The van der Waals surface area contributed by atoms with E-state index in [-0.39, 0.29) is 17.9 Å². The number of rotatable bonds is 4. The lowest BCUT2D eigenvalue weighted by Crippen LogP contribution is -2.07. The Labute approximate surface area is 72.3 Å². The standard InChI is InChI=1S/C9H14O3/c1-4-6-12-9(11)7(3)8(10)5-2/h4,10H,1,5-6H2,2-3H3. The third-order valence-corrected chi connectivity index (χ3v) is 1.41. The van der Waals surface area contributed by atoms with E-state index in [0.29, 0.717) is 6.42 Å². The fourth-order valence-electron chi connectivity index (χ4n) is 0.626. The summed E-state index contributed by atoms with van der Waals surface area (Å²) in [5.74, 6) is -0.418. The molecule has 0 heterocycles. The van der Waals surface area contributed by atoms with Gasteiger partial charge in [0.25, 0.3) is 0 Å². The van der Waals surface area contributed by atoms with Crippen LogP contribution in [0.3, 0.4) is 0 Å². The summed E-state index contributed by atoms with van der Waals surface area (Å²) in [7, 11) is 0. The minimum absolute atomic E-state index is 0.0732. The molecule has 0 atom stereocenters. The quantitative estimate of drug-likeness (QED) is 0.303. The Kier molecular flexibility index (Phi) is 4.84. The van der Waals surface area contributed by atoms with Gasteiger partial charge in [-0.25, -0.2) is 4.79 Å². The van der Waals surface area contributed by atoms with Crippen LogP contribution in [0, 0.1) is 0 Å². The maximum atomic E-state index is 11.0. The smallest absolute Gasteiger partial charge is 0.337 e. The summed E-state index contributed by atoms with van der Waals surface area (Å²) in [4.78, 5) is 11.0. The molecule has 0 rings (SSSR count). The molecule has 3 nitrogen and oxygen atoms in total. The second kappa shape index (κ2) is 5.41. The number of hydrogen-bond donors (Lipinski definition) is 1. The van der Waals surface area contributed by atoms with Crippen LogP contribution in [0.25, 0.3) is 0 Å². The van der Waals surface area contributed by atoms with Gasteiger partial charge in [0.2, 0.25) is 0 Å². The normalized spacial score (nSPS) is 11.8. The van der Waals surface area contributed by atoms with Gasteiger partial charge in [0.1, 0.15) is 12.4 Å². The van der Waals surface area contributed by atoms with E-state index in [9.17, 15) is 4.79 Å². The van der Waals surface area contributed by atoms with Crippen LogP contribution in [-0.4, -0.2) is 17.7 Å². The Morgan fingerprint density at radius 3 is 2.67 bits per heavy atom. The lowest BCUT2D eigenvalue weighted by Gasteiger charge is -2.03. The van der Waals surface area contributed by atoms with E-state index in [1.165, 1.54) is 13.0 Å². The number of hydrogen-bond acceptors (Lipinski definition) is 3. The van der Waals surface area contributed by atoms with Crippen molar-refractivity contribution >= 4 is 5.97 Å². The second-order valence-electron chi connectivity index (χ2n) is 2.31. The summed E-state index contributed by atoms with van der Waals surface area (Å²) in [5.41, 5.74) is 0.263. The number of allylic oxidation sites excluding steroid dienone is 1. The van der Waals surface area contributed by atoms with E-state index in [0.717, 1.165) is 0 Å². The van der Waals surface area contributed by atoms with E-state index in [1.807, 2.05) is 0 Å². The van der Waals surface area contributed by atoms with Gasteiger partial charge in [-0.05, 0) is 6.92 Å². The van der Waals surface area contributed by atoms with Crippen molar-refractivity contribution in [3.8, 4) is 0 Å². The largest absolute Gasteiger partial charge is 0.512 e. The summed E-state index contributed by atoms with van der Waals surface area (Å²) < 4.78 is 4.70. The van der Waals surface area contributed by atoms with Crippen molar-refractivity contribution in [3.05, 3.63) is 24.0 Å². The molecule has 0 aromatic rings. The predicted molar refractivity (Wildman–Crippen MR) is 46.8 cm³/mol. The molecule has 0 amide bonds. The molecular formula is C9H14O3. The predicted octanol–water partition coefficient (Wildman–Crippen LogP) is 1.96. The number of carbonyl (C=O) groups is 1. The van der Waals surface area contributed by atoms with Crippen LogP contribution in [0.4, 0.5) is 0 Å². The zero-order chi connectivity index (χ0) is 9.56. The number of carbonyl (C=O) groups excluding carboxylic acids is 1. The van der Waals surface area contributed by atoms with Gasteiger partial charge < -0.3 is 9.84 Å². The molecule has 0 radical (unpaired) electrons. The Morgan fingerprint density at radius 1 is 1.67 bits per heavy atom. The van der Waals surface area contributed by atoms with Crippen LogP contribution in [-0.2, 0) is 9.53 Å². The Morgan fingerprint density at radius 2 is 2.25 bits per heavy atom. The van der Waals surface area contributed by atoms with Gasteiger partial charge >= 0.3 is 5.97 Å². The highest BCUT2D eigenvalue weighted by atomic mass is 16.5. The number of aliphatic hydroxyl groups excluding tert-OH is 1. The first-order valence-corrected chi connectivity index (χ1v) is 3.80. The Balaban J connectivity index is 4.18. The molecule has 12 heavy (non-hydrogen) atoms. The molecule has 3 heteroatoms. The first-order chi connectivity index (χ1) is 5.63. The maximum Gasteiger partial charge on any atom is 0.337 e. The summed E-state index contributed by atoms with van der Waals surface area (Å²) in [6.07, 6.45) is 1.92. The van der Waals surface area contributed by atoms with Crippen LogP contribution in [0.2, 0.25) is 0 Å². The fourth-order valence-corrected chi connectivity index (χ4v) is 0.626. The molecule has 0 aliphatic carbocycles. The molecule has 68 valence electrons. The molecule has 0 saturated heterocycles. The molecule has 0 spiro atoms. The van der Waals surface area contributed by atoms with Crippen molar-refractivity contribution < 1.29 is 14.6 Å². The monoisotopic (exact) mass is 170 g/mol. The highest BCUT2D eigenvalue weighted by molar-refractivity contribution is 5.88. The summed E-state index contributed by atoms with van der Waals surface area (Å²) in [5, 5.41) is 9.15. The second-order valence-corrected chi connectivity index (χ2v) is 2.31. The van der Waals surface area contributed by atoms with Crippen LogP contribution in [0.15, 0.2) is 24.0 Å². The van der Waals surface area contributed by atoms with Gasteiger partial charge in [0, 0.05) is 6.42 Å². The van der Waals surface area contributed by atoms with Gasteiger partial charge in [-0.15, -0.1) is 0 Å². The number of ether oxygens (including phenoxy) is 1. The van der Waals surface area contributed by atoms with E-state index in [4.69, 9.17) is 9.84 Å². The third-order valence-electron chi connectivity index (χ3n) is 1.41. The zero-order valence-electron chi connectivity index (χ0n) is 7.46. The van der Waals surface area contributed by atoms with E-state index < -0.39 is 5.97 Å². The van der Waals surface area contributed by atoms with Gasteiger partial charge in [-0.1, -0.05) is 19.6 Å². The number of aliphatic hydroxyl groups is 1. The Hall–Kier alpha value is -1.25. The third kappa shape index (κ3) is 3.23. The van der Waals surface area contributed by atoms with Crippen molar-refractivity contribution in [3.63, 3.8) is 0 Å². The van der Waals surface area contributed by atoms with E-state index >= 15 is 0 Å². The SMILES string of the molecule is C=CCOC(=O)C(C)=C(O)CC. The topological polar surface area (TPSA) is 46.5 Å². The molecule has 0 aromatic carbocycles. The lowest BCUT2D eigenvalue weighted by atomic mass is 10.2. The van der Waals surface area contributed by atoms with Gasteiger partial charge in [-0.3, -0.25) is 0 Å². The molecule has 0 fully saturated rings. The van der Waals surface area contributed by atoms with Gasteiger partial charge in [-0.2, -0.15) is 0 Å². The van der Waals surface area contributed by atoms with Crippen LogP contribution in [0.5, 0.6) is 0 Å². The molecule has 1 N–H and O–H groups in total. The van der Waals surface area contributed by atoms with E-state index in [1.54, 1.807) is 6.92 Å². The van der Waals surface area contributed by atoms with Crippen molar-refractivity contribution in [2.75, 3.05) is 6.61 Å². The van der Waals surface area contributed by atoms with Crippen molar-refractivity contribution in [1.82, 2.24) is 0 Å². The van der Waals surface area contributed by atoms with Gasteiger partial charge in [0.05, 0.1) is 5.57 Å². The van der Waals surface area contributed by atoms with Crippen molar-refractivity contribution in [2.45, 2.75) is 20.3 Å². The van der Waals surface area contributed by atoms with Crippen molar-refractivity contribution in [2.24, 2.45) is 0 Å². The molecule has 0 aromatic heterocycles. The molecule has 0 aliphatic rings. The molecule has 0 unspecified atom stereocenters. The summed E-state index contributed by atoms with van der Waals surface area (Å²) in [6, 6.07) is 0.